The van der Waals surface area contributed by atoms with E-state index in [0.29, 0.717) is 12.0 Å². The third-order valence-corrected chi connectivity index (χ3v) is 8.37. The van der Waals surface area contributed by atoms with E-state index in [4.69, 9.17) is 0 Å². The van der Waals surface area contributed by atoms with Crippen LogP contribution in [0.25, 0.3) is 0 Å². The highest BCUT2D eigenvalue weighted by Crippen LogP contribution is 2.27. The molecule has 0 saturated carbocycles. The van der Waals surface area contributed by atoms with E-state index in [1.54, 1.807) is 0 Å². The summed E-state index contributed by atoms with van der Waals surface area (Å²) in [7, 11) is 0. The van der Waals surface area contributed by atoms with Crippen LogP contribution in [0.2, 0.25) is 0 Å². The number of hydrogen-bond donors (Lipinski definition) is 1. The van der Waals surface area contributed by atoms with E-state index in [1.807, 2.05) is 0 Å². The first kappa shape index (κ1) is 33.2. The van der Waals surface area contributed by atoms with Crippen LogP contribution in [0.3, 0.4) is 0 Å². The Balaban J connectivity index is 2.18. The predicted molar refractivity (Wildman–Crippen MR) is 161 cm³/mol. The van der Waals surface area contributed by atoms with E-state index in [0.717, 1.165) is 0 Å². The number of imidazole rings is 1. The molecule has 0 aliphatic heterocycles. The molecule has 0 fully saturated rings. The molecule has 0 saturated heterocycles. The number of aromatic nitrogens is 2. The molecule has 2 atom stereocenters. The Morgan fingerprint density at radius 1 is 0.528 bits per heavy atom. The van der Waals surface area contributed by atoms with Crippen molar-refractivity contribution in [3.05, 3.63) is 18.2 Å². The molecule has 2 heteroatoms. The summed E-state index contributed by atoms with van der Waals surface area (Å²) in [5, 5.41) is 0. The fourth-order valence-corrected chi connectivity index (χ4v) is 5.98. The Morgan fingerprint density at radius 3 is 1.31 bits per heavy atom. The molecule has 0 aromatic carbocycles. The second-order valence-electron chi connectivity index (χ2n) is 11.9. The van der Waals surface area contributed by atoms with Crippen LogP contribution in [0, 0.1) is 0 Å². The van der Waals surface area contributed by atoms with Gasteiger partial charge in [-0.15, -0.1) is 0 Å². The van der Waals surface area contributed by atoms with Crippen LogP contribution < -0.4 is 4.57 Å². The van der Waals surface area contributed by atoms with Crippen molar-refractivity contribution in [2.75, 3.05) is 0 Å². The zero-order valence-electron chi connectivity index (χ0n) is 25.4. The average molecular weight is 504 g/mol. The van der Waals surface area contributed by atoms with Gasteiger partial charge in [-0.2, -0.15) is 0 Å². The molecule has 0 radical (unpaired) electrons. The molecule has 0 aliphatic rings. The lowest BCUT2D eigenvalue weighted by atomic mass is 9.93. The second kappa shape index (κ2) is 24.5. The van der Waals surface area contributed by atoms with E-state index >= 15 is 0 Å². The van der Waals surface area contributed by atoms with Crippen LogP contribution in [0.4, 0.5) is 0 Å². The number of nitrogens with zero attached hydrogens (tertiary/aromatic N) is 1. The molecule has 2 unspecified atom stereocenters. The van der Waals surface area contributed by atoms with Gasteiger partial charge in [0.15, 0.2) is 0 Å². The maximum absolute atomic E-state index is 3.66. The summed E-state index contributed by atoms with van der Waals surface area (Å²) in [5.74, 6) is 2.22. The molecule has 1 aromatic heterocycles. The minimum Gasteiger partial charge on any atom is -0.247 e. The standard InChI is InChI=1S/C34H66N2/c1-5-8-10-12-13-14-15-16-17-18-19-20-21-22-24-26-29-33(28-25-23-11-9-6-2)34-35-30-31-36(34)32(4)27-7-3/h30-33H,5-29H2,1-4H3/p+1. The molecule has 1 aromatic rings. The fraction of sp³-hybridized carbons (Fsp3) is 0.912. The number of unbranched alkanes of at least 4 members (excludes halogenated alkanes) is 19. The first-order chi connectivity index (χ1) is 17.7. The van der Waals surface area contributed by atoms with E-state index in [9.17, 15) is 0 Å². The average Bonchev–Trinajstić information content (AvgIpc) is 3.37. The molecule has 1 heterocycles. The Hall–Kier alpha value is -0.790. The van der Waals surface area contributed by atoms with Gasteiger partial charge < -0.3 is 0 Å². The Bertz CT molecular complexity index is 563. The number of hydrogen-bond acceptors (Lipinski definition) is 0. The SMILES string of the molecule is CCCCCCCCCCCCCCCCCCC(CCCCCCC)c1[nH]cc[n+]1C(C)CCC. The van der Waals surface area contributed by atoms with Gasteiger partial charge in [0.05, 0.1) is 12.0 Å². The molecule has 1 rings (SSSR count). The van der Waals surface area contributed by atoms with Crippen molar-refractivity contribution in [2.45, 2.75) is 200 Å². The van der Waals surface area contributed by atoms with E-state index < -0.39 is 0 Å². The highest BCUT2D eigenvalue weighted by atomic mass is 15.1. The van der Waals surface area contributed by atoms with Crippen LogP contribution in [-0.4, -0.2) is 4.98 Å². The van der Waals surface area contributed by atoms with Crippen LogP contribution in [-0.2, 0) is 0 Å². The maximum atomic E-state index is 3.66. The molecular weight excluding hydrogens is 436 g/mol. The summed E-state index contributed by atoms with van der Waals surface area (Å²) in [6.07, 6.45) is 39.9. The number of aromatic amines is 1. The Kier molecular flexibility index (Phi) is 22.7. The molecule has 36 heavy (non-hydrogen) atoms. The number of H-pyrrole nitrogens is 1. The monoisotopic (exact) mass is 504 g/mol. The van der Waals surface area contributed by atoms with Crippen molar-refractivity contribution in [3.63, 3.8) is 0 Å². The number of nitrogens with one attached hydrogen (secondary N) is 1. The summed E-state index contributed by atoms with van der Waals surface area (Å²) in [4.78, 5) is 3.66. The summed E-state index contributed by atoms with van der Waals surface area (Å²) in [6, 6.07) is 0.615. The van der Waals surface area contributed by atoms with E-state index in [1.165, 1.54) is 166 Å². The van der Waals surface area contributed by atoms with Gasteiger partial charge in [-0.05, 0) is 26.2 Å². The van der Waals surface area contributed by atoms with Crippen molar-refractivity contribution in [1.29, 1.82) is 0 Å². The first-order valence-corrected chi connectivity index (χ1v) is 16.8. The maximum Gasteiger partial charge on any atom is 0.257 e. The van der Waals surface area contributed by atoms with Crippen LogP contribution in [0.5, 0.6) is 0 Å². The minimum absolute atomic E-state index is 0.615. The Morgan fingerprint density at radius 2 is 0.917 bits per heavy atom. The van der Waals surface area contributed by atoms with Crippen molar-refractivity contribution in [3.8, 4) is 0 Å². The van der Waals surface area contributed by atoms with Gasteiger partial charge in [0.1, 0.15) is 12.4 Å². The van der Waals surface area contributed by atoms with Crippen molar-refractivity contribution in [2.24, 2.45) is 0 Å². The van der Waals surface area contributed by atoms with Gasteiger partial charge in [-0.1, -0.05) is 162 Å². The van der Waals surface area contributed by atoms with Gasteiger partial charge in [0.25, 0.3) is 5.82 Å². The smallest absolute Gasteiger partial charge is 0.247 e. The zero-order valence-corrected chi connectivity index (χ0v) is 25.4. The van der Waals surface area contributed by atoms with Gasteiger partial charge in [0, 0.05) is 0 Å². The molecular formula is C34H67N2+. The second-order valence-corrected chi connectivity index (χ2v) is 11.9. The molecule has 2 nitrogen and oxygen atoms in total. The molecule has 0 amide bonds. The van der Waals surface area contributed by atoms with Gasteiger partial charge in [0.2, 0.25) is 0 Å². The van der Waals surface area contributed by atoms with Crippen molar-refractivity contribution in [1.82, 2.24) is 4.98 Å². The summed E-state index contributed by atoms with van der Waals surface area (Å²) < 4.78 is 2.56. The van der Waals surface area contributed by atoms with Crippen LogP contribution in [0.15, 0.2) is 12.4 Å². The highest BCUT2D eigenvalue weighted by Gasteiger charge is 2.25. The lowest BCUT2D eigenvalue weighted by molar-refractivity contribution is -0.727. The Labute approximate surface area is 227 Å². The summed E-state index contributed by atoms with van der Waals surface area (Å²) in [6.45, 7) is 9.33. The van der Waals surface area contributed by atoms with E-state index in [2.05, 4.69) is 49.6 Å². The molecule has 0 spiro atoms. The third kappa shape index (κ3) is 16.9. The van der Waals surface area contributed by atoms with Crippen molar-refractivity contribution < 1.29 is 4.57 Å². The van der Waals surface area contributed by atoms with Gasteiger partial charge in [-0.25, -0.2) is 9.55 Å². The summed E-state index contributed by atoms with van der Waals surface area (Å²) in [5.41, 5.74) is 0. The summed E-state index contributed by atoms with van der Waals surface area (Å²) >= 11 is 0. The fourth-order valence-electron chi connectivity index (χ4n) is 5.98. The highest BCUT2D eigenvalue weighted by molar-refractivity contribution is 4.90. The van der Waals surface area contributed by atoms with Crippen LogP contribution in [0.1, 0.15) is 206 Å². The molecule has 0 aliphatic carbocycles. The quantitative estimate of drug-likeness (QED) is 0.0909. The zero-order chi connectivity index (χ0) is 26.1. The van der Waals surface area contributed by atoms with Gasteiger partial charge in [-0.3, -0.25) is 0 Å². The minimum atomic E-state index is 0.615. The largest absolute Gasteiger partial charge is 0.257 e. The van der Waals surface area contributed by atoms with Gasteiger partial charge >= 0.3 is 0 Å². The molecule has 1 N–H and O–H groups in total. The molecule has 212 valence electrons. The lowest BCUT2D eigenvalue weighted by Crippen LogP contribution is -2.41. The predicted octanol–water partition coefficient (Wildman–Crippen LogP) is 11.8. The lowest BCUT2D eigenvalue weighted by Gasteiger charge is -2.17. The normalized spacial score (nSPS) is 13.3. The third-order valence-electron chi connectivity index (χ3n) is 8.37. The van der Waals surface area contributed by atoms with E-state index in [-0.39, 0.29) is 0 Å². The topological polar surface area (TPSA) is 19.7 Å². The van der Waals surface area contributed by atoms with Crippen molar-refractivity contribution >= 4 is 0 Å². The first-order valence-electron chi connectivity index (χ1n) is 16.8. The number of rotatable bonds is 27. The van der Waals surface area contributed by atoms with Crippen LogP contribution >= 0.6 is 0 Å². The molecule has 0 bridgehead atoms.